The van der Waals surface area contributed by atoms with E-state index in [1.807, 2.05) is 24.3 Å². The normalized spacial score (nSPS) is 18.2. The molecule has 0 radical (unpaired) electrons. The Morgan fingerprint density at radius 3 is 2.56 bits per heavy atom. The van der Waals surface area contributed by atoms with Crippen LogP contribution in [-0.4, -0.2) is 62.4 Å². The van der Waals surface area contributed by atoms with Crippen molar-refractivity contribution in [2.24, 2.45) is 7.05 Å². The Labute approximate surface area is 209 Å². The molecule has 1 aromatic carbocycles. The van der Waals surface area contributed by atoms with Crippen LogP contribution in [0.25, 0.3) is 11.0 Å². The summed E-state index contributed by atoms with van der Waals surface area (Å²) >= 11 is 0. The van der Waals surface area contributed by atoms with Crippen molar-refractivity contribution in [1.82, 2.24) is 24.8 Å². The van der Waals surface area contributed by atoms with Crippen LogP contribution in [0.15, 0.2) is 41.2 Å². The molecule has 188 valence electrons. The molecule has 2 N–H and O–H groups in total. The standard InChI is InChI=1S/C26H31N7O3/c1-4-21-16-33(24-23-22(31(3)25(34)30-24)10-9-20(13-27)29-23)17(2)15-32(21)12-11-18-5-7-19(8-6-18)14-28-26(35)36/h5-10,17,21,28H,4,11-12,14-16H2,1-3H3,(H,35,36)/t17-,21+/m0/s1. The van der Waals surface area contributed by atoms with Crippen LogP contribution < -0.4 is 15.9 Å². The summed E-state index contributed by atoms with van der Waals surface area (Å²) in [7, 11) is 1.67. The second-order valence-electron chi connectivity index (χ2n) is 9.24. The van der Waals surface area contributed by atoms with Gasteiger partial charge in [-0.05, 0) is 43.0 Å². The number of hydrogen-bond donors (Lipinski definition) is 2. The Balaban J connectivity index is 1.50. The molecule has 1 aliphatic heterocycles. The van der Waals surface area contributed by atoms with Gasteiger partial charge in [0.2, 0.25) is 0 Å². The summed E-state index contributed by atoms with van der Waals surface area (Å²) in [6.07, 6.45) is 0.803. The summed E-state index contributed by atoms with van der Waals surface area (Å²) in [6.45, 7) is 7.01. The number of fused-ring (bicyclic) bond motifs is 1. The predicted molar refractivity (Wildman–Crippen MR) is 137 cm³/mol. The van der Waals surface area contributed by atoms with E-state index < -0.39 is 6.09 Å². The molecule has 10 heteroatoms. The van der Waals surface area contributed by atoms with Gasteiger partial charge in [0.25, 0.3) is 0 Å². The number of amides is 1. The summed E-state index contributed by atoms with van der Waals surface area (Å²) < 4.78 is 1.47. The van der Waals surface area contributed by atoms with E-state index in [9.17, 15) is 14.9 Å². The molecule has 3 heterocycles. The smallest absolute Gasteiger partial charge is 0.404 e. The molecule has 0 saturated carbocycles. The van der Waals surface area contributed by atoms with Gasteiger partial charge in [-0.15, -0.1) is 0 Å². The Morgan fingerprint density at radius 1 is 1.17 bits per heavy atom. The first kappa shape index (κ1) is 25.1. The number of nitrogens with zero attached hydrogens (tertiary/aromatic N) is 6. The molecule has 2 aromatic heterocycles. The number of nitrogens with one attached hydrogen (secondary N) is 1. The number of rotatable bonds is 7. The van der Waals surface area contributed by atoms with Crippen molar-refractivity contribution in [1.29, 1.82) is 5.26 Å². The highest BCUT2D eigenvalue weighted by molar-refractivity contribution is 5.86. The number of aryl methyl sites for hydroxylation is 1. The van der Waals surface area contributed by atoms with E-state index in [2.05, 4.69) is 45.0 Å². The molecule has 4 rings (SSSR count). The lowest BCUT2D eigenvalue weighted by molar-refractivity contribution is 0.152. The topological polar surface area (TPSA) is 127 Å². The highest BCUT2D eigenvalue weighted by Crippen LogP contribution is 2.28. The first-order valence-corrected chi connectivity index (χ1v) is 12.1. The summed E-state index contributed by atoms with van der Waals surface area (Å²) in [6, 6.07) is 13.9. The maximum atomic E-state index is 12.6. The van der Waals surface area contributed by atoms with E-state index in [0.717, 1.165) is 31.5 Å². The maximum Gasteiger partial charge on any atom is 0.404 e. The number of carboxylic acid groups (broad SMARTS) is 1. The van der Waals surface area contributed by atoms with Crippen molar-refractivity contribution in [3.8, 4) is 6.07 Å². The van der Waals surface area contributed by atoms with Crippen LogP contribution in [0.5, 0.6) is 0 Å². The molecule has 1 aliphatic rings. The van der Waals surface area contributed by atoms with Gasteiger partial charge in [0.15, 0.2) is 5.82 Å². The third-order valence-corrected chi connectivity index (χ3v) is 6.90. The van der Waals surface area contributed by atoms with Gasteiger partial charge in [0, 0.05) is 45.3 Å². The van der Waals surface area contributed by atoms with Crippen LogP contribution >= 0.6 is 0 Å². The fourth-order valence-electron chi connectivity index (χ4n) is 4.81. The third-order valence-electron chi connectivity index (χ3n) is 6.90. The highest BCUT2D eigenvalue weighted by Gasteiger charge is 2.32. The molecule has 2 atom stereocenters. The fraction of sp³-hybridized carbons (Fsp3) is 0.423. The summed E-state index contributed by atoms with van der Waals surface area (Å²) in [5.41, 5.74) is 3.32. The number of pyridine rings is 1. The van der Waals surface area contributed by atoms with Crippen molar-refractivity contribution >= 4 is 22.9 Å². The lowest BCUT2D eigenvalue weighted by Crippen LogP contribution is -2.58. The van der Waals surface area contributed by atoms with Crippen LogP contribution in [0.1, 0.15) is 37.1 Å². The minimum absolute atomic E-state index is 0.104. The van der Waals surface area contributed by atoms with E-state index >= 15 is 0 Å². The largest absolute Gasteiger partial charge is 0.465 e. The average molecular weight is 490 g/mol. The van der Waals surface area contributed by atoms with Crippen molar-refractivity contribution in [3.05, 3.63) is 63.7 Å². The quantitative estimate of drug-likeness (QED) is 0.518. The van der Waals surface area contributed by atoms with E-state index in [1.54, 1.807) is 19.2 Å². The summed E-state index contributed by atoms with van der Waals surface area (Å²) in [5, 5.41) is 20.5. The summed E-state index contributed by atoms with van der Waals surface area (Å²) in [4.78, 5) is 36.8. The van der Waals surface area contributed by atoms with Crippen LogP contribution in [-0.2, 0) is 20.0 Å². The second-order valence-corrected chi connectivity index (χ2v) is 9.24. The van der Waals surface area contributed by atoms with Gasteiger partial charge in [-0.1, -0.05) is 31.2 Å². The highest BCUT2D eigenvalue weighted by atomic mass is 16.4. The first-order chi connectivity index (χ1) is 17.3. The van der Waals surface area contributed by atoms with E-state index in [0.29, 0.717) is 35.6 Å². The van der Waals surface area contributed by atoms with Crippen LogP contribution in [0, 0.1) is 11.3 Å². The zero-order chi connectivity index (χ0) is 25.8. The van der Waals surface area contributed by atoms with Gasteiger partial charge in [-0.2, -0.15) is 10.2 Å². The Hall–Kier alpha value is -3.97. The maximum absolute atomic E-state index is 12.6. The number of nitriles is 1. The van der Waals surface area contributed by atoms with Crippen molar-refractivity contribution < 1.29 is 9.90 Å². The first-order valence-electron chi connectivity index (χ1n) is 12.1. The zero-order valence-electron chi connectivity index (χ0n) is 20.8. The molecule has 10 nitrogen and oxygen atoms in total. The molecule has 1 fully saturated rings. The number of aromatic nitrogens is 3. The third kappa shape index (κ3) is 5.31. The molecule has 1 saturated heterocycles. The molecular weight excluding hydrogens is 458 g/mol. The van der Waals surface area contributed by atoms with Gasteiger partial charge in [0.1, 0.15) is 17.3 Å². The minimum Gasteiger partial charge on any atom is -0.465 e. The molecular formula is C26H31N7O3. The molecule has 0 spiro atoms. The average Bonchev–Trinajstić information content (AvgIpc) is 2.88. The molecule has 0 aliphatic carbocycles. The fourth-order valence-corrected chi connectivity index (χ4v) is 4.81. The number of benzene rings is 1. The molecule has 0 bridgehead atoms. The van der Waals surface area contributed by atoms with Crippen molar-refractivity contribution in [3.63, 3.8) is 0 Å². The lowest BCUT2D eigenvalue weighted by atomic mass is 10.0. The number of hydrogen-bond acceptors (Lipinski definition) is 7. The summed E-state index contributed by atoms with van der Waals surface area (Å²) in [5.74, 6) is 0.543. The van der Waals surface area contributed by atoms with Gasteiger partial charge in [-0.25, -0.2) is 14.6 Å². The van der Waals surface area contributed by atoms with Gasteiger partial charge in [-0.3, -0.25) is 9.47 Å². The lowest BCUT2D eigenvalue weighted by Gasteiger charge is -2.46. The minimum atomic E-state index is -1.03. The van der Waals surface area contributed by atoms with Gasteiger partial charge in [0.05, 0.1) is 5.52 Å². The number of piperazine rings is 1. The number of carbonyl (C=O) groups is 1. The molecule has 3 aromatic rings. The van der Waals surface area contributed by atoms with Crippen molar-refractivity contribution in [2.75, 3.05) is 24.5 Å². The van der Waals surface area contributed by atoms with Gasteiger partial charge < -0.3 is 15.3 Å². The van der Waals surface area contributed by atoms with Crippen LogP contribution in [0.3, 0.4) is 0 Å². The second kappa shape index (κ2) is 10.7. The van der Waals surface area contributed by atoms with Crippen LogP contribution in [0.4, 0.5) is 10.6 Å². The SMILES string of the molecule is CC[C@@H]1CN(c2nc(=O)n(C)c3ccc(C#N)nc23)[C@@H](C)CN1CCc1ccc(CNC(=O)O)cc1. The van der Waals surface area contributed by atoms with E-state index in [1.165, 1.54) is 10.1 Å². The van der Waals surface area contributed by atoms with Crippen LogP contribution in [0.2, 0.25) is 0 Å². The van der Waals surface area contributed by atoms with Crippen molar-refractivity contribution in [2.45, 2.75) is 45.3 Å². The Bertz CT molecular complexity index is 1350. The molecule has 0 unspecified atom stereocenters. The molecule has 1 amide bonds. The molecule has 36 heavy (non-hydrogen) atoms. The van der Waals surface area contributed by atoms with E-state index in [-0.39, 0.29) is 17.8 Å². The monoisotopic (exact) mass is 489 g/mol. The Kier molecular flexibility index (Phi) is 7.50. The predicted octanol–water partition coefficient (Wildman–Crippen LogP) is 2.50. The van der Waals surface area contributed by atoms with E-state index in [4.69, 9.17) is 5.11 Å². The zero-order valence-corrected chi connectivity index (χ0v) is 20.8. The Morgan fingerprint density at radius 2 is 1.89 bits per heavy atom. The number of anilines is 1. The van der Waals surface area contributed by atoms with Gasteiger partial charge >= 0.3 is 11.8 Å².